The molecule has 1 heterocycles. The Bertz CT molecular complexity index is 433. The molecule has 3 N–H and O–H groups in total. The lowest BCUT2D eigenvalue weighted by Gasteiger charge is -2.34. The Labute approximate surface area is 113 Å². The Morgan fingerprint density at radius 1 is 1.42 bits per heavy atom. The highest BCUT2D eigenvalue weighted by atomic mass is 16.5. The fraction of sp³-hybridized carbons (Fsp3) is 0.500. The van der Waals surface area contributed by atoms with Crippen molar-refractivity contribution in [1.82, 2.24) is 4.90 Å². The average Bonchev–Trinajstić information content (AvgIpc) is 2.42. The molecule has 0 bridgehead atoms. The van der Waals surface area contributed by atoms with E-state index in [0.717, 1.165) is 24.4 Å². The molecule has 2 amide bonds. The van der Waals surface area contributed by atoms with Crippen LogP contribution in [0.3, 0.4) is 0 Å². The van der Waals surface area contributed by atoms with Crippen LogP contribution in [0.15, 0.2) is 24.3 Å². The van der Waals surface area contributed by atoms with E-state index in [-0.39, 0.29) is 12.1 Å². The average molecular weight is 263 g/mol. The van der Waals surface area contributed by atoms with Crippen LogP contribution in [0.5, 0.6) is 5.75 Å². The van der Waals surface area contributed by atoms with Crippen LogP contribution in [0.4, 0.5) is 10.5 Å². The first-order chi connectivity index (χ1) is 9.10. The van der Waals surface area contributed by atoms with E-state index in [1.807, 2.05) is 24.3 Å². The third-order valence-corrected chi connectivity index (χ3v) is 3.64. The molecule has 0 saturated carbocycles. The largest absolute Gasteiger partial charge is 0.497 e. The zero-order valence-corrected chi connectivity index (χ0v) is 11.4. The first-order valence-electron chi connectivity index (χ1n) is 6.55. The van der Waals surface area contributed by atoms with Crippen molar-refractivity contribution in [1.29, 1.82) is 0 Å². The van der Waals surface area contributed by atoms with Gasteiger partial charge in [-0.3, -0.25) is 0 Å². The number of hydrogen-bond acceptors (Lipinski definition) is 3. The zero-order valence-electron chi connectivity index (χ0n) is 11.4. The Kier molecular flexibility index (Phi) is 4.27. The molecule has 1 aliphatic rings. The molecule has 1 aromatic carbocycles. The van der Waals surface area contributed by atoms with Crippen molar-refractivity contribution in [3.63, 3.8) is 0 Å². The van der Waals surface area contributed by atoms with Gasteiger partial charge in [-0.05, 0) is 36.6 Å². The molecule has 5 nitrogen and oxygen atoms in total. The van der Waals surface area contributed by atoms with E-state index in [0.29, 0.717) is 12.5 Å². The van der Waals surface area contributed by atoms with E-state index in [2.05, 4.69) is 12.2 Å². The lowest BCUT2D eigenvalue weighted by atomic mass is 9.94. The number of hydrogen-bond donors (Lipinski definition) is 2. The van der Waals surface area contributed by atoms with Gasteiger partial charge in [0.1, 0.15) is 5.75 Å². The molecule has 1 saturated heterocycles. The maximum absolute atomic E-state index is 12.1. The first kappa shape index (κ1) is 13.7. The minimum absolute atomic E-state index is 0.0652. The van der Waals surface area contributed by atoms with E-state index in [1.54, 1.807) is 12.0 Å². The standard InChI is InChI=1S/C14H21N3O2/c1-10-7-8-17(9-13(10)15)14(18)16-11-3-5-12(19-2)6-4-11/h3-6,10,13H,7-9,15H2,1-2H3,(H,16,18). The van der Waals surface area contributed by atoms with Gasteiger partial charge in [-0.2, -0.15) is 0 Å². The van der Waals surface area contributed by atoms with Crippen LogP contribution in [-0.4, -0.2) is 37.2 Å². The quantitative estimate of drug-likeness (QED) is 0.856. The van der Waals surface area contributed by atoms with Gasteiger partial charge < -0.3 is 20.7 Å². The second-order valence-electron chi connectivity index (χ2n) is 5.03. The Morgan fingerprint density at radius 2 is 2.11 bits per heavy atom. The summed E-state index contributed by atoms with van der Waals surface area (Å²) < 4.78 is 5.08. The Hall–Kier alpha value is -1.75. The van der Waals surface area contributed by atoms with Gasteiger partial charge in [-0.25, -0.2) is 4.79 Å². The minimum Gasteiger partial charge on any atom is -0.497 e. The zero-order chi connectivity index (χ0) is 13.8. The highest BCUT2D eigenvalue weighted by Gasteiger charge is 2.26. The van der Waals surface area contributed by atoms with Crippen LogP contribution in [0, 0.1) is 5.92 Å². The summed E-state index contributed by atoms with van der Waals surface area (Å²) in [6.07, 6.45) is 0.956. The van der Waals surface area contributed by atoms with Crippen molar-refractivity contribution in [3.8, 4) is 5.75 Å². The van der Waals surface area contributed by atoms with Crippen LogP contribution in [0.1, 0.15) is 13.3 Å². The number of amides is 2. The van der Waals surface area contributed by atoms with Crippen LogP contribution in [0.2, 0.25) is 0 Å². The lowest BCUT2D eigenvalue weighted by Crippen LogP contribution is -2.50. The summed E-state index contributed by atoms with van der Waals surface area (Å²) in [6.45, 7) is 3.50. The van der Waals surface area contributed by atoms with Gasteiger partial charge in [-0.1, -0.05) is 6.92 Å². The number of likely N-dealkylation sites (tertiary alicyclic amines) is 1. The number of nitrogens with one attached hydrogen (secondary N) is 1. The topological polar surface area (TPSA) is 67.6 Å². The van der Waals surface area contributed by atoms with E-state index in [1.165, 1.54) is 0 Å². The second kappa shape index (κ2) is 5.93. The maximum atomic E-state index is 12.1. The maximum Gasteiger partial charge on any atom is 0.321 e. The number of ether oxygens (including phenoxy) is 1. The molecule has 5 heteroatoms. The van der Waals surface area contributed by atoms with Crippen LogP contribution in [0.25, 0.3) is 0 Å². The summed E-state index contributed by atoms with van der Waals surface area (Å²) in [5.74, 6) is 1.25. The first-order valence-corrected chi connectivity index (χ1v) is 6.55. The highest BCUT2D eigenvalue weighted by Crippen LogP contribution is 2.18. The van der Waals surface area contributed by atoms with Gasteiger partial charge >= 0.3 is 6.03 Å². The third-order valence-electron chi connectivity index (χ3n) is 3.64. The predicted octanol–water partition coefficient (Wildman–Crippen LogP) is 1.90. The second-order valence-corrected chi connectivity index (χ2v) is 5.03. The molecule has 0 radical (unpaired) electrons. The molecular weight excluding hydrogens is 242 g/mol. The normalized spacial score (nSPS) is 23.0. The summed E-state index contributed by atoms with van der Waals surface area (Å²) in [6, 6.07) is 7.26. The highest BCUT2D eigenvalue weighted by molar-refractivity contribution is 5.89. The lowest BCUT2D eigenvalue weighted by molar-refractivity contribution is 0.174. The Balaban J connectivity index is 1.93. The van der Waals surface area contributed by atoms with Crippen molar-refractivity contribution in [3.05, 3.63) is 24.3 Å². The number of nitrogens with zero attached hydrogens (tertiary/aromatic N) is 1. The van der Waals surface area contributed by atoms with E-state index in [9.17, 15) is 4.79 Å². The molecule has 1 fully saturated rings. The summed E-state index contributed by atoms with van der Waals surface area (Å²) >= 11 is 0. The smallest absolute Gasteiger partial charge is 0.321 e. The summed E-state index contributed by atoms with van der Waals surface area (Å²) in [7, 11) is 1.61. The van der Waals surface area contributed by atoms with Crippen molar-refractivity contribution in [2.24, 2.45) is 11.7 Å². The van der Waals surface area contributed by atoms with Gasteiger partial charge in [-0.15, -0.1) is 0 Å². The molecule has 0 aromatic heterocycles. The number of benzene rings is 1. The number of urea groups is 1. The van der Waals surface area contributed by atoms with Crippen LogP contribution in [-0.2, 0) is 0 Å². The molecule has 2 rings (SSSR count). The molecule has 2 atom stereocenters. The number of carbonyl (C=O) groups is 1. The SMILES string of the molecule is COc1ccc(NC(=O)N2CCC(C)C(N)C2)cc1. The summed E-state index contributed by atoms with van der Waals surface area (Å²) in [5, 5.41) is 2.87. The molecule has 0 aliphatic carbocycles. The molecule has 1 aromatic rings. The molecule has 104 valence electrons. The fourth-order valence-electron chi connectivity index (χ4n) is 2.16. The monoisotopic (exact) mass is 263 g/mol. The van der Waals surface area contributed by atoms with Gasteiger partial charge in [0.2, 0.25) is 0 Å². The number of carbonyl (C=O) groups excluding carboxylic acids is 1. The number of anilines is 1. The molecule has 2 unspecified atom stereocenters. The van der Waals surface area contributed by atoms with E-state index >= 15 is 0 Å². The molecule has 1 aliphatic heterocycles. The van der Waals surface area contributed by atoms with E-state index < -0.39 is 0 Å². The third kappa shape index (κ3) is 3.38. The minimum atomic E-state index is -0.0903. The van der Waals surface area contributed by atoms with Crippen LogP contribution >= 0.6 is 0 Å². The molecular formula is C14H21N3O2. The van der Waals surface area contributed by atoms with Gasteiger partial charge in [0.05, 0.1) is 7.11 Å². The summed E-state index contributed by atoms with van der Waals surface area (Å²) in [5.41, 5.74) is 6.76. The van der Waals surface area contributed by atoms with E-state index in [4.69, 9.17) is 10.5 Å². The molecule has 0 spiro atoms. The Morgan fingerprint density at radius 3 is 2.68 bits per heavy atom. The fourth-order valence-corrected chi connectivity index (χ4v) is 2.16. The number of rotatable bonds is 2. The van der Waals surface area contributed by atoms with Crippen molar-refractivity contribution >= 4 is 11.7 Å². The number of nitrogens with two attached hydrogens (primary N) is 1. The number of piperidine rings is 1. The van der Waals surface area contributed by atoms with Crippen LogP contribution < -0.4 is 15.8 Å². The van der Waals surface area contributed by atoms with Crippen molar-refractivity contribution in [2.75, 3.05) is 25.5 Å². The predicted molar refractivity (Wildman–Crippen MR) is 75.3 cm³/mol. The summed E-state index contributed by atoms with van der Waals surface area (Å²) in [4.78, 5) is 13.9. The van der Waals surface area contributed by atoms with Crippen molar-refractivity contribution < 1.29 is 9.53 Å². The molecule has 19 heavy (non-hydrogen) atoms. The van der Waals surface area contributed by atoms with Gasteiger partial charge in [0.15, 0.2) is 0 Å². The van der Waals surface area contributed by atoms with Gasteiger partial charge in [0, 0.05) is 24.8 Å². The van der Waals surface area contributed by atoms with Gasteiger partial charge in [0.25, 0.3) is 0 Å². The number of methoxy groups -OCH3 is 1. The van der Waals surface area contributed by atoms with Crippen molar-refractivity contribution in [2.45, 2.75) is 19.4 Å².